The van der Waals surface area contributed by atoms with Crippen LogP contribution in [0.15, 0.2) is 24.3 Å². The number of urea groups is 1. The molecule has 23 heavy (non-hydrogen) atoms. The Balaban J connectivity index is 2.25. The van der Waals surface area contributed by atoms with Crippen molar-refractivity contribution < 1.29 is 14.3 Å². The zero-order chi connectivity index (χ0) is 17.5. The van der Waals surface area contributed by atoms with Crippen LogP contribution in [-0.4, -0.2) is 24.1 Å². The average Bonchev–Trinajstić information content (AvgIpc) is 2.42. The van der Waals surface area contributed by atoms with Crippen LogP contribution in [-0.2, 0) is 9.53 Å². The number of carbonyl (C=O) groups is 2. The SMILES string of the molecule is CC(C)c1ccc(NC(=O)NCCCC(=O)OC(C)(C)C)cc1. The molecule has 0 fully saturated rings. The monoisotopic (exact) mass is 320 g/mol. The molecule has 1 aromatic rings. The number of benzene rings is 1. The topological polar surface area (TPSA) is 67.4 Å². The third kappa shape index (κ3) is 8.24. The van der Waals surface area contributed by atoms with E-state index in [2.05, 4.69) is 24.5 Å². The summed E-state index contributed by atoms with van der Waals surface area (Å²) in [7, 11) is 0. The van der Waals surface area contributed by atoms with Crippen LogP contribution < -0.4 is 10.6 Å². The smallest absolute Gasteiger partial charge is 0.319 e. The van der Waals surface area contributed by atoms with Crippen LogP contribution in [0.5, 0.6) is 0 Å². The Kier molecular flexibility index (Phi) is 7.07. The molecule has 1 rings (SSSR count). The fraction of sp³-hybridized carbons (Fsp3) is 0.556. The Hall–Kier alpha value is -2.04. The fourth-order valence-electron chi connectivity index (χ4n) is 1.95. The molecule has 2 amide bonds. The first-order chi connectivity index (χ1) is 10.7. The van der Waals surface area contributed by atoms with Gasteiger partial charge in [0.05, 0.1) is 0 Å². The van der Waals surface area contributed by atoms with E-state index in [0.29, 0.717) is 25.3 Å². The van der Waals surface area contributed by atoms with Gasteiger partial charge in [0.2, 0.25) is 0 Å². The van der Waals surface area contributed by atoms with Crippen LogP contribution in [0.1, 0.15) is 58.9 Å². The molecule has 5 nitrogen and oxygen atoms in total. The Labute approximate surface area is 138 Å². The van der Waals surface area contributed by atoms with Crippen molar-refractivity contribution >= 4 is 17.7 Å². The van der Waals surface area contributed by atoms with Crippen molar-refractivity contribution in [2.75, 3.05) is 11.9 Å². The van der Waals surface area contributed by atoms with E-state index in [1.807, 2.05) is 45.0 Å². The quantitative estimate of drug-likeness (QED) is 0.613. The van der Waals surface area contributed by atoms with Crippen molar-refractivity contribution in [3.05, 3.63) is 29.8 Å². The minimum Gasteiger partial charge on any atom is -0.460 e. The van der Waals surface area contributed by atoms with E-state index in [4.69, 9.17) is 4.74 Å². The lowest BCUT2D eigenvalue weighted by atomic mass is 10.0. The molecule has 5 heteroatoms. The maximum absolute atomic E-state index is 11.8. The van der Waals surface area contributed by atoms with Crippen LogP contribution in [0, 0.1) is 0 Å². The Bertz CT molecular complexity index is 516. The van der Waals surface area contributed by atoms with E-state index in [1.54, 1.807) is 0 Å². The van der Waals surface area contributed by atoms with Gasteiger partial charge in [-0.1, -0.05) is 26.0 Å². The van der Waals surface area contributed by atoms with Gasteiger partial charge in [0, 0.05) is 18.7 Å². The third-order valence-corrected chi connectivity index (χ3v) is 3.10. The van der Waals surface area contributed by atoms with Crippen molar-refractivity contribution in [2.24, 2.45) is 0 Å². The zero-order valence-corrected chi connectivity index (χ0v) is 14.7. The van der Waals surface area contributed by atoms with Crippen LogP contribution >= 0.6 is 0 Å². The summed E-state index contributed by atoms with van der Waals surface area (Å²) in [5, 5.41) is 5.50. The molecule has 0 bridgehead atoms. The number of esters is 1. The number of carbonyl (C=O) groups excluding carboxylic acids is 2. The summed E-state index contributed by atoms with van der Waals surface area (Å²) >= 11 is 0. The molecule has 2 N–H and O–H groups in total. The largest absolute Gasteiger partial charge is 0.460 e. The minimum absolute atomic E-state index is 0.246. The summed E-state index contributed by atoms with van der Waals surface area (Å²) in [6, 6.07) is 7.50. The van der Waals surface area contributed by atoms with Gasteiger partial charge in [-0.05, 0) is 50.8 Å². The van der Waals surface area contributed by atoms with E-state index in [-0.39, 0.29) is 12.0 Å². The first-order valence-corrected chi connectivity index (χ1v) is 8.04. The van der Waals surface area contributed by atoms with Gasteiger partial charge >= 0.3 is 12.0 Å². The summed E-state index contributed by atoms with van der Waals surface area (Å²) in [5.74, 6) is 0.217. The molecular weight excluding hydrogens is 292 g/mol. The summed E-state index contributed by atoms with van der Waals surface area (Å²) < 4.78 is 5.20. The Morgan fingerprint density at radius 3 is 2.26 bits per heavy atom. The second-order valence-corrected chi connectivity index (χ2v) is 6.85. The molecule has 0 aliphatic rings. The number of hydrogen-bond donors (Lipinski definition) is 2. The number of ether oxygens (including phenoxy) is 1. The highest BCUT2D eigenvalue weighted by molar-refractivity contribution is 5.89. The Morgan fingerprint density at radius 2 is 1.74 bits per heavy atom. The predicted molar refractivity (Wildman–Crippen MR) is 92.6 cm³/mol. The number of hydrogen-bond acceptors (Lipinski definition) is 3. The van der Waals surface area contributed by atoms with Crippen LogP contribution in [0.2, 0.25) is 0 Å². The van der Waals surface area contributed by atoms with Gasteiger partial charge in [0.25, 0.3) is 0 Å². The molecule has 0 aromatic heterocycles. The van der Waals surface area contributed by atoms with Crippen molar-refractivity contribution in [2.45, 2.75) is 59.0 Å². The van der Waals surface area contributed by atoms with Crippen molar-refractivity contribution in [3.63, 3.8) is 0 Å². The lowest BCUT2D eigenvalue weighted by molar-refractivity contribution is -0.154. The van der Waals surface area contributed by atoms with Gasteiger partial charge in [-0.2, -0.15) is 0 Å². The molecule has 0 atom stereocenters. The zero-order valence-electron chi connectivity index (χ0n) is 14.7. The molecule has 0 aliphatic heterocycles. The summed E-state index contributed by atoms with van der Waals surface area (Å²) in [6.07, 6.45) is 0.843. The molecule has 0 saturated heterocycles. The molecule has 0 saturated carbocycles. The van der Waals surface area contributed by atoms with Gasteiger partial charge in [-0.25, -0.2) is 4.79 Å². The maximum atomic E-state index is 11.8. The third-order valence-electron chi connectivity index (χ3n) is 3.10. The van der Waals surface area contributed by atoms with Crippen LogP contribution in [0.3, 0.4) is 0 Å². The van der Waals surface area contributed by atoms with Crippen LogP contribution in [0.25, 0.3) is 0 Å². The molecule has 128 valence electrons. The summed E-state index contributed by atoms with van der Waals surface area (Å²) in [6.45, 7) is 10.2. The number of nitrogens with one attached hydrogen (secondary N) is 2. The van der Waals surface area contributed by atoms with Gasteiger partial charge in [-0.3, -0.25) is 4.79 Å². The average molecular weight is 320 g/mol. The van der Waals surface area contributed by atoms with E-state index in [1.165, 1.54) is 5.56 Å². The van der Waals surface area contributed by atoms with E-state index >= 15 is 0 Å². The first kappa shape index (κ1) is 19.0. The normalized spacial score (nSPS) is 11.2. The molecule has 0 unspecified atom stereocenters. The van der Waals surface area contributed by atoms with Gasteiger partial charge in [-0.15, -0.1) is 0 Å². The molecular formula is C18H28N2O3. The second-order valence-electron chi connectivity index (χ2n) is 6.85. The molecule has 0 aliphatic carbocycles. The predicted octanol–water partition coefficient (Wildman–Crippen LogP) is 4.05. The highest BCUT2D eigenvalue weighted by Crippen LogP contribution is 2.17. The van der Waals surface area contributed by atoms with Crippen molar-refractivity contribution in [1.29, 1.82) is 0 Å². The summed E-state index contributed by atoms with van der Waals surface area (Å²) in [5.41, 5.74) is 1.51. The molecule has 0 heterocycles. The molecule has 0 spiro atoms. The van der Waals surface area contributed by atoms with E-state index in [0.717, 1.165) is 5.69 Å². The first-order valence-electron chi connectivity index (χ1n) is 8.04. The number of amides is 2. The van der Waals surface area contributed by atoms with Crippen molar-refractivity contribution in [1.82, 2.24) is 5.32 Å². The Morgan fingerprint density at radius 1 is 1.13 bits per heavy atom. The summed E-state index contributed by atoms with van der Waals surface area (Å²) in [4.78, 5) is 23.3. The van der Waals surface area contributed by atoms with Crippen LogP contribution in [0.4, 0.5) is 10.5 Å². The second kappa shape index (κ2) is 8.56. The number of anilines is 1. The van der Waals surface area contributed by atoms with Gasteiger partial charge in [0.15, 0.2) is 0 Å². The fourth-order valence-corrected chi connectivity index (χ4v) is 1.95. The minimum atomic E-state index is -0.468. The lowest BCUT2D eigenvalue weighted by Crippen LogP contribution is -2.30. The highest BCUT2D eigenvalue weighted by Gasteiger charge is 2.15. The standard InChI is InChI=1S/C18H28N2O3/c1-13(2)14-8-10-15(11-9-14)20-17(22)19-12-6-7-16(21)23-18(3,4)5/h8-11,13H,6-7,12H2,1-5H3,(H2,19,20,22). The van der Waals surface area contributed by atoms with E-state index < -0.39 is 5.60 Å². The molecule has 0 radical (unpaired) electrons. The maximum Gasteiger partial charge on any atom is 0.319 e. The van der Waals surface area contributed by atoms with Crippen molar-refractivity contribution in [3.8, 4) is 0 Å². The van der Waals surface area contributed by atoms with Gasteiger partial charge < -0.3 is 15.4 Å². The lowest BCUT2D eigenvalue weighted by Gasteiger charge is -2.19. The number of rotatable bonds is 6. The van der Waals surface area contributed by atoms with E-state index in [9.17, 15) is 9.59 Å². The van der Waals surface area contributed by atoms with Gasteiger partial charge in [0.1, 0.15) is 5.60 Å². The molecule has 1 aromatic carbocycles. The highest BCUT2D eigenvalue weighted by atomic mass is 16.6.